The summed E-state index contributed by atoms with van der Waals surface area (Å²) in [6, 6.07) is 16.6. The molecule has 2 heterocycles. The van der Waals surface area contributed by atoms with Crippen LogP contribution in [-0.2, 0) is 6.54 Å². The Morgan fingerprint density at radius 3 is 2.27 bits per heavy atom. The van der Waals surface area contributed by atoms with Gasteiger partial charge in [0.25, 0.3) is 0 Å². The summed E-state index contributed by atoms with van der Waals surface area (Å²) in [5.74, 6) is 2.06. The van der Waals surface area contributed by atoms with Crippen LogP contribution >= 0.6 is 0 Å². The Kier molecular flexibility index (Phi) is 6.92. The van der Waals surface area contributed by atoms with Crippen molar-refractivity contribution < 1.29 is 23.7 Å². The zero-order valence-electron chi connectivity index (χ0n) is 21.2. The number of ether oxygens (including phenoxy) is 3. The molecule has 1 aromatic heterocycles. The topological polar surface area (TPSA) is 84.6 Å². The van der Waals surface area contributed by atoms with Crippen LogP contribution in [0.25, 0.3) is 22.1 Å². The number of aromatic hydroxyl groups is 1. The first-order valence-corrected chi connectivity index (χ1v) is 12.1. The molecule has 3 aromatic carbocycles. The molecule has 8 nitrogen and oxygen atoms in total. The van der Waals surface area contributed by atoms with E-state index < -0.39 is 0 Å². The normalized spacial score (nSPS) is 14.1. The summed E-state index contributed by atoms with van der Waals surface area (Å²) in [4.78, 5) is 18.0. The van der Waals surface area contributed by atoms with Crippen molar-refractivity contribution >= 4 is 16.7 Å². The summed E-state index contributed by atoms with van der Waals surface area (Å²) in [6.45, 7) is 3.82. The highest BCUT2D eigenvalue weighted by molar-refractivity contribution is 5.86. The Morgan fingerprint density at radius 1 is 0.865 bits per heavy atom. The van der Waals surface area contributed by atoms with Crippen molar-refractivity contribution in [2.45, 2.75) is 6.54 Å². The quantitative estimate of drug-likeness (QED) is 0.395. The summed E-state index contributed by atoms with van der Waals surface area (Å²) in [5.41, 5.74) is 3.09. The zero-order valence-corrected chi connectivity index (χ0v) is 21.2. The van der Waals surface area contributed by atoms with Crippen LogP contribution in [0.3, 0.4) is 0 Å². The third-order valence-electron chi connectivity index (χ3n) is 6.91. The molecule has 0 amide bonds. The maximum Gasteiger partial charge on any atom is 0.200 e. The Morgan fingerprint density at radius 2 is 1.59 bits per heavy atom. The smallest absolute Gasteiger partial charge is 0.200 e. The van der Waals surface area contributed by atoms with E-state index in [1.807, 2.05) is 12.1 Å². The van der Waals surface area contributed by atoms with Gasteiger partial charge in [0.05, 0.1) is 37.8 Å². The van der Waals surface area contributed by atoms with Crippen LogP contribution in [-0.4, -0.2) is 57.5 Å². The lowest BCUT2D eigenvalue weighted by Crippen LogP contribution is -2.46. The minimum atomic E-state index is -0.168. The average molecular weight is 503 g/mol. The first-order chi connectivity index (χ1) is 18.0. The van der Waals surface area contributed by atoms with Gasteiger partial charge in [-0.3, -0.25) is 9.69 Å². The van der Waals surface area contributed by atoms with E-state index in [0.29, 0.717) is 45.7 Å². The predicted molar refractivity (Wildman–Crippen MR) is 143 cm³/mol. The van der Waals surface area contributed by atoms with Gasteiger partial charge in [0.1, 0.15) is 23.3 Å². The van der Waals surface area contributed by atoms with Crippen molar-refractivity contribution in [1.29, 1.82) is 0 Å². The molecule has 5 rings (SSSR count). The van der Waals surface area contributed by atoms with Gasteiger partial charge in [0, 0.05) is 38.4 Å². The summed E-state index contributed by atoms with van der Waals surface area (Å²) in [6.07, 6.45) is 1.45. The van der Waals surface area contributed by atoms with Crippen LogP contribution in [0.1, 0.15) is 5.56 Å². The van der Waals surface area contributed by atoms with E-state index >= 15 is 0 Å². The summed E-state index contributed by atoms with van der Waals surface area (Å²) in [7, 11) is 4.78. The average Bonchev–Trinajstić information content (AvgIpc) is 2.95. The Balaban J connectivity index is 1.38. The second-order valence-electron chi connectivity index (χ2n) is 8.95. The first kappa shape index (κ1) is 24.5. The predicted octanol–water partition coefficient (Wildman–Crippen LogP) is 4.51. The van der Waals surface area contributed by atoms with Crippen molar-refractivity contribution in [3.63, 3.8) is 0 Å². The maximum atomic E-state index is 13.4. The van der Waals surface area contributed by atoms with Crippen molar-refractivity contribution in [2.24, 2.45) is 0 Å². The van der Waals surface area contributed by atoms with Crippen molar-refractivity contribution in [3.05, 3.63) is 76.6 Å². The summed E-state index contributed by atoms with van der Waals surface area (Å²) < 4.78 is 21.9. The lowest BCUT2D eigenvalue weighted by atomic mass is 10.0. The lowest BCUT2D eigenvalue weighted by Gasteiger charge is -2.36. The van der Waals surface area contributed by atoms with Gasteiger partial charge in [0.15, 0.2) is 11.5 Å². The van der Waals surface area contributed by atoms with Gasteiger partial charge in [-0.05, 0) is 54.1 Å². The Bertz CT molecular complexity index is 1460. The second kappa shape index (κ2) is 10.4. The van der Waals surface area contributed by atoms with Gasteiger partial charge in [0.2, 0.25) is 5.43 Å². The van der Waals surface area contributed by atoms with Gasteiger partial charge >= 0.3 is 0 Å². The molecule has 1 fully saturated rings. The van der Waals surface area contributed by atoms with E-state index in [1.54, 1.807) is 51.7 Å². The largest absolute Gasteiger partial charge is 0.507 e. The maximum absolute atomic E-state index is 13.4. The third-order valence-corrected chi connectivity index (χ3v) is 6.91. The number of piperazine rings is 1. The number of methoxy groups -OCH3 is 3. The number of anilines is 1. The molecule has 4 aromatic rings. The minimum Gasteiger partial charge on any atom is -0.507 e. The number of phenols is 1. The Labute approximate surface area is 215 Å². The lowest BCUT2D eigenvalue weighted by molar-refractivity contribution is 0.246. The fourth-order valence-corrected chi connectivity index (χ4v) is 4.78. The highest BCUT2D eigenvalue weighted by Crippen LogP contribution is 2.33. The Hall–Kier alpha value is -4.17. The van der Waals surface area contributed by atoms with Crippen LogP contribution < -0.4 is 24.5 Å². The number of nitrogens with zero attached hydrogens (tertiary/aromatic N) is 2. The monoisotopic (exact) mass is 502 g/mol. The molecule has 0 bridgehead atoms. The standard InChI is InChI=1S/C29H30N2O6/c1-34-21-7-5-20(6-8-21)31-14-12-30(13-15-31)17-23-25(32)10-9-22-28(33)24(18-37-29(22)23)19-4-11-26(35-2)27(16-19)36-3/h4-11,16,18,32H,12-15,17H2,1-3H3. The molecule has 0 atom stereocenters. The molecule has 0 radical (unpaired) electrons. The molecule has 37 heavy (non-hydrogen) atoms. The number of hydrogen-bond donors (Lipinski definition) is 1. The van der Waals surface area contributed by atoms with E-state index in [0.717, 1.165) is 37.6 Å². The van der Waals surface area contributed by atoms with Crippen molar-refractivity contribution in [1.82, 2.24) is 4.90 Å². The summed E-state index contributed by atoms with van der Waals surface area (Å²) in [5, 5.41) is 11.1. The molecule has 192 valence electrons. The fourth-order valence-electron chi connectivity index (χ4n) is 4.78. The van der Waals surface area contributed by atoms with E-state index in [4.69, 9.17) is 18.6 Å². The molecule has 0 spiro atoms. The number of rotatable bonds is 7. The van der Waals surface area contributed by atoms with Gasteiger partial charge in [-0.1, -0.05) is 6.07 Å². The molecule has 0 saturated carbocycles. The van der Waals surface area contributed by atoms with Gasteiger partial charge < -0.3 is 28.6 Å². The first-order valence-electron chi connectivity index (χ1n) is 12.1. The van der Waals surface area contributed by atoms with Gasteiger partial charge in [-0.2, -0.15) is 0 Å². The van der Waals surface area contributed by atoms with Gasteiger partial charge in [-0.25, -0.2) is 0 Å². The van der Waals surface area contributed by atoms with Crippen LogP contribution in [0.2, 0.25) is 0 Å². The molecular formula is C29H30N2O6. The van der Waals surface area contributed by atoms with Crippen molar-refractivity contribution in [2.75, 3.05) is 52.4 Å². The molecule has 1 saturated heterocycles. The van der Waals surface area contributed by atoms with E-state index in [2.05, 4.69) is 21.9 Å². The number of fused-ring (bicyclic) bond motifs is 1. The molecular weight excluding hydrogens is 472 g/mol. The molecule has 0 unspecified atom stereocenters. The number of benzene rings is 3. The second-order valence-corrected chi connectivity index (χ2v) is 8.95. The summed E-state index contributed by atoms with van der Waals surface area (Å²) >= 11 is 0. The minimum absolute atomic E-state index is 0.118. The number of phenolic OH excluding ortho intramolecular Hbond substituents is 1. The molecule has 0 aliphatic carbocycles. The zero-order chi connectivity index (χ0) is 25.9. The molecule has 1 N–H and O–H groups in total. The third kappa shape index (κ3) is 4.80. The highest BCUT2D eigenvalue weighted by atomic mass is 16.5. The van der Waals surface area contributed by atoms with Crippen LogP contribution in [0.4, 0.5) is 5.69 Å². The molecule has 1 aliphatic rings. The van der Waals surface area contributed by atoms with Crippen LogP contribution in [0.5, 0.6) is 23.0 Å². The molecule has 1 aliphatic heterocycles. The molecule has 8 heteroatoms. The van der Waals surface area contributed by atoms with E-state index in [-0.39, 0.29) is 11.2 Å². The van der Waals surface area contributed by atoms with E-state index in [9.17, 15) is 9.90 Å². The van der Waals surface area contributed by atoms with Crippen LogP contribution in [0.15, 0.2) is 70.1 Å². The van der Waals surface area contributed by atoms with Gasteiger partial charge in [-0.15, -0.1) is 0 Å². The van der Waals surface area contributed by atoms with E-state index in [1.165, 1.54) is 6.26 Å². The SMILES string of the molecule is COc1ccc(N2CCN(Cc3c(O)ccc4c(=O)c(-c5ccc(OC)c(OC)c5)coc34)CC2)cc1. The highest BCUT2D eigenvalue weighted by Gasteiger charge is 2.22. The number of hydrogen-bond acceptors (Lipinski definition) is 8. The van der Waals surface area contributed by atoms with Crippen LogP contribution in [0, 0.1) is 0 Å². The fraction of sp³-hybridized carbons (Fsp3) is 0.276. The van der Waals surface area contributed by atoms with Crippen molar-refractivity contribution in [3.8, 4) is 34.1 Å².